The first kappa shape index (κ1) is 12.6. The van der Waals surface area contributed by atoms with Crippen LogP contribution in [0.15, 0.2) is 24.5 Å². The summed E-state index contributed by atoms with van der Waals surface area (Å²) in [4.78, 5) is 15.0. The molecule has 4 nitrogen and oxygen atoms in total. The van der Waals surface area contributed by atoms with Gasteiger partial charge in [0.1, 0.15) is 17.4 Å². The second kappa shape index (κ2) is 4.72. The number of benzene rings is 1. The smallest absolute Gasteiger partial charge is 0.156 e. The number of fused-ring (bicyclic) bond motifs is 3. The van der Waals surface area contributed by atoms with E-state index in [0.29, 0.717) is 0 Å². The Labute approximate surface area is 124 Å². The summed E-state index contributed by atoms with van der Waals surface area (Å²) >= 11 is 0. The fourth-order valence-electron chi connectivity index (χ4n) is 3.52. The molecule has 4 rings (SSSR count). The lowest BCUT2D eigenvalue weighted by Crippen LogP contribution is -2.35. The molecule has 0 saturated carbocycles. The van der Waals surface area contributed by atoms with E-state index in [2.05, 4.69) is 51.9 Å². The SMILES string of the molecule is Cc1cccc2[nH]c3c(N4CCC[C@@H](C)C4)ncnc3c12. The van der Waals surface area contributed by atoms with Gasteiger partial charge in [0.2, 0.25) is 0 Å². The van der Waals surface area contributed by atoms with Crippen LogP contribution in [0.25, 0.3) is 21.9 Å². The Morgan fingerprint density at radius 3 is 3.05 bits per heavy atom. The molecule has 0 spiro atoms. The van der Waals surface area contributed by atoms with E-state index >= 15 is 0 Å². The first-order valence-corrected chi connectivity index (χ1v) is 7.71. The summed E-state index contributed by atoms with van der Waals surface area (Å²) in [5.74, 6) is 1.79. The van der Waals surface area contributed by atoms with E-state index in [1.807, 2.05) is 0 Å². The van der Waals surface area contributed by atoms with Crippen molar-refractivity contribution in [2.75, 3.05) is 18.0 Å². The first-order chi connectivity index (χ1) is 10.2. The van der Waals surface area contributed by atoms with Crippen LogP contribution in [-0.2, 0) is 0 Å². The monoisotopic (exact) mass is 280 g/mol. The summed E-state index contributed by atoms with van der Waals surface area (Å²) in [7, 11) is 0. The molecule has 1 N–H and O–H groups in total. The third-order valence-electron chi connectivity index (χ3n) is 4.55. The molecule has 2 aromatic heterocycles. The van der Waals surface area contributed by atoms with Crippen LogP contribution >= 0.6 is 0 Å². The maximum absolute atomic E-state index is 4.57. The highest BCUT2D eigenvalue weighted by atomic mass is 15.2. The number of hydrogen-bond donors (Lipinski definition) is 1. The number of rotatable bonds is 1. The van der Waals surface area contributed by atoms with E-state index in [1.165, 1.54) is 23.8 Å². The number of nitrogens with one attached hydrogen (secondary N) is 1. The van der Waals surface area contributed by atoms with Gasteiger partial charge in [0.05, 0.1) is 0 Å². The van der Waals surface area contributed by atoms with Crippen LogP contribution in [0, 0.1) is 12.8 Å². The minimum atomic E-state index is 0.731. The van der Waals surface area contributed by atoms with Gasteiger partial charge in [-0.05, 0) is 37.3 Å². The van der Waals surface area contributed by atoms with Gasteiger partial charge in [-0.3, -0.25) is 0 Å². The van der Waals surface area contributed by atoms with Gasteiger partial charge in [0, 0.05) is 24.0 Å². The predicted octanol–water partition coefficient (Wildman–Crippen LogP) is 3.66. The van der Waals surface area contributed by atoms with Crippen LogP contribution in [0.4, 0.5) is 5.82 Å². The molecule has 0 unspecified atom stereocenters. The van der Waals surface area contributed by atoms with Crippen molar-refractivity contribution < 1.29 is 0 Å². The van der Waals surface area contributed by atoms with E-state index in [0.717, 1.165) is 41.4 Å². The Balaban J connectivity index is 1.94. The minimum absolute atomic E-state index is 0.731. The summed E-state index contributed by atoms with van der Waals surface area (Å²) in [6, 6.07) is 6.34. The zero-order valence-electron chi connectivity index (χ0n) is 12.6. The molecule has 1 aliphatic rings. The summed E-state index contributed by atoms with van der Waals surface area (Å²) in [5.41, 5.74) is 4.54. The van der Waals surface area contributed by atoms with Gasteiger partial charge in [-0.15, -0.1) is 0 Å². The quantitative estimate of drug-likeness (QED) is 0.740. The maximum Gasteiger partial charge on any atom is 0.156 e. The van der Waals surface area contributed by atoms with Gasteiger partial charge in [-0.1, -0.05) is 19.1 Å². The number of hydrogen-bond acceptors (Lipinski definition) is 3. The molecular weight excluding hydrogens is 260 g/mol. The van der Waals surface area contributed by atoms with Gasteiger partial charge < -0.3 is 9.88 Å². The molecule has 0 aliphatic carbocycles. The van der Waals surface area contributed by atoms with Crippen LogP contribution < -0.4 is 4.90 Å². The lowest BCUT2D eigenvalue weighted by Gasteiger charge is -2.31. The Kier molecular flexibility index (Phi) is 2.84. The number of anilines is 1. The van der Waals surface area contributed by atoms with Gasteiger partial charge in [-0.25, -0.2) is 9.97 Å². The van der Waals surface area contributed by atoms with Crippen molar-refractivity contribution in [1.29, 1.82) is 0 Å². The molecule has 3 aromatic rings. The van der Waals surface area contributed by atoms with Crippen molar-refractivity contribution in [3.8, 4) is 0 Å². The van der Waals surface area contributed by atoms with Crippen molar-refractivity contribution in [2.24, 2.45) is 5.92 Å². The van der Waals surface area contributed by atoms with E-state index in [4.69, 9.17) is 0 Å². The number of nitrogens with zero attached hydrogens (tertiary/aromatic N) is 3. The molecule has 21 heavy (non-hydrogen) atoms. The van der Waals surface area contributed by atoms with Crippen molar-refractivity contribution in [3.05, 3.63) is 30.1 Å². The van der Waals surface area contributed by atoms with Crippen molar-refractivity contribution in [2.45, 2.75) is 26.7 Å². The van der Waals surface area contributed by atoms with Gasteiger partial charge in [-0.2, -0.15) is 0 Å². The van der Waals surface area contributed by atoms with E-state index in [1.54, 1.807) is 6.33 Å². The standard InChI is InChI=1S/C17H20N4/c1-11-5-4-8-21(9-11)17-16-15(18-10-19-17)14-12(2)6-3-7-13(14)20-16/h3,6-7,10-11,20H,4-5,8-9H2,1-2H3/t11-/m1/s1. The molecule has 0 amide bonds. The molecule has 108 valence electrons. The molecule has 1 fully saturated rings. The number of aromatic nitrogens is 3. The highest BCUT2D eigenvalue weighted by Gasteiger charge is 2.21. The van der Waals surface area contributed by atoms with Crippen LogP contribution in [0.1, 0.15) is 25.3 Å². The average Bonchev–Trinajstić information content (AvgIpc) is 2.87. The second-order valence-electron chi connectivity index (χ2n) is 6.24. The molecule has 0 bridgehead atoms. The molecule has 1 atom stereocenters. The fourth-order valence-corrected chi connectivity index (χ4v) is 3.52. The van der Waals surface area contributed by atoms with Crippen LogP contribution in [0.2, 0.25) is 0 Å². The van der Waals surface area contributed by atoms with Crippen LogP contribution in [0.5, 0.6) is 0 Å². The van der Waals surface area contributed by atoms with E-state index in [-0.39, 0.29) is 0 Å². The summed E-state index contributed by atoms with van der Waals surface area (Å²) in [6.45, 7) is 6.63. The molecule has 1 aliphatic heterocycles. The van der Waals surface area contributed by atoms with Crippen LogP contribution in [0.3, 0.4) is 0 Å². The molecule has 1 saturated heterocycles. The lowest BCUT2D eigenvalue weighted by atomic mass is 10.0. The van der Waals surface area contributed by atoms with Crippen molar-refractivity contribution >= 4 is 27.8 Å². The predicted molar refractivity (Wildman–Crippen MR) is 86.7 cm³/mol. The number of H-pyrrole nitrogens is 1. The topological polar surface area (TPSA) is 44.8 Å². The van der Waals surface area contributed by atoms with E-state index in [9.17, 15) is 0 Å². The third kappa shape index (κ3) is 1.97. The lowest BCUT2D eigenvalue weighted by molar-refractivity contribution is 0.445. The maximum atomic E-state index is 4.57. The molecular formula is C17H20N4. The number of aryl methyl sites for hydroxylation is 1. The molecule has 3 heterocycles. The summed E-state index contributed by atoms with van der Waals surface area (Å²) in [5, 5.41) is 1.22. The number of aromatic amines is 1. The van der Waals surface area contributed by atoms with Gasteiger partial charge in [0.15, 0.2) is 5.82 Å². The zero-order chi connectivity index (χ0) is 14.4. The first-order valence-electron chi connectivity index (χ1n) is 7.71. The fraction of sp³-hybridized carbons (Fsp3) is 0.412. The highest BCUT2D eigenvalue weighted by molar-refractivity contribution is 6.09. The summed E-state index contributed by atoms with van der Waals surface area (Å²) < 4.78 is 0. The van der Waals surface area contributed by atoms with Crippen molar-refractivity contribution in [1.82, 2.24) is 15.0 Å². The van der Waals surface area contributed by atoms with Gasteiger partial charge >= 0.3 is 0 Å². The largest absolute Gasteiger partial charge is 0.355 e. The Morgan fingerprint density at radius 2 is 2.19 bits per heavy atom. The molecule has 0 radical (unpaired) electrons. The highest BCUT2D eigenvalue weighted by Crippen LogP contribution is 2.32. The number of piperidine rings is 1. The van der Waals surface area contributed by atoms with Crippen molar-refractivity contribution in [3.63, 3.8) is 0 Å². The molecule has 4 heteroatoms. The van der Waals surface area contributed by atoms with Gasteiger partial charge in [0.25, 0.3) is 0 Å². The Hall–Kier alpha value is -2.10. The minimum Gasteiger partial charge on any atom is -0.355 e. The zero-order valence-corrected chi connectivity index (χ0v) is 12.6. The third-order valence-corrected chi connectivity index (χ3v) is 4.55. The van der Waals surface area contributed by atoms with Crippen LogP contribution in [-0.4, -0.2) is 28.0 Å². The normalized spacial score (nSPS) is 19.5. The average molecular weight is 280 g/mol. The Morgan fingerprint density at radius 1 is 1.29 bits per heavy atom. The Bertz CT molecular complexity index is 805. The van der Waals surface area contributed by atoms with E-state index < -0.39 is 0 Å². The molecule has 1 aromatic carbocycles. The second-order valence-corrected chi connectivity index (χ2v) is 6.24. The summed E-state index contributed by atoms with van der Waals surface area (Å²) in [6.07, 6.45) is 4.26.